The average Bonchev–Trinajstić information content (AvgIpc) is 3.03. The molecule has 1 atom stereocenters. The number of hydrogen-bond acceptors (Lipinski definition) is 6. The van der Waals surface area contributed by atoms with E-state index < -0.39 is 6.10 Å². The first-order valence-corrected chi connectivity index (χ1v) is 7.05. The summed E-state index contributed by atoms with van der Waals surface area (Å²) < 4.78 is 26.9. The first kappa shape index (κ1) is 15.3. The Morgan fingerprint density at radius 2 is 1.70 bits per heavy atom. The van der Waals surface area contributed by atoms with Gasteiger partial charge in [-0.25, -0.2) is 0 Å². The van der Waals surface area contributed by atoms with Crippen LogP contribution >= 0.6 is 0 Å². The summed E-state index contributed by atoms with van der Waals surface area (Å²) in [6, 6.07) is 8.67. The van der Waals surface area contributed by atoms with Crippen molar-refractivity contribution < 1.29 is 28.8 Å². The van der Waals surface area contributed by atoms with Crippen LogP contribution in [0.15, 0.2) is 30.3 Å². The summed E-state index contributed by atoms with van der Waals surface area (Å²) in [7, 11) is 4.73. The van der Waals surface area contributed by atoms with Crippen LogP contribution < -0.4 is 18.9 Å². The number of methoxy groups -OCH3 is 3. The topological polar surface area (TPSA) is 66.4 Å². The fourth-order valence-electron chi connectivity index (χ4n) is 2.61. The van der Waals surface area contributed by atoms with Crippen molar-refractivity contribution >= 4 is 0 Å². The standard InChI is InChI=1S/C17H18O6/c1-19-10-4-5-11(14(6-10)20-2)17(21-3)12-7-15-16(8-13(12)18)23-9-22-15/h4-8,17-18H,9H2,1-3H3. The maximum Gasteiger partial charge on any atom is 0.231 e. The maximum absolute atomic E-state index is 10.3. The van der Waals surface area contributed by atoms with Crippen molar-refractivity contribution in [3.63, 3.8) is 0 Å². The highest BCUT2D eigenvalue weighted by Crippen LogP contribution is 2.44. The van der Waals surface area contributed by atoms with E-state index in [0.717, 1.165) is 5.56 Å². The third-order valence-corrected chi connectivity index (χ3v) is 3.76. The van der Waals surface area contributed by atoms with Gasteiger partial charge in [0.05, 0.1) is 14.2 Å². The quantitative estimate of drug-likeness (QED) is 0.914. The van der Waals surface area contributed by atoms with E-state index in [1.165, 1.54) is 6.07 Å². The fraction of sp³-hybridized carbons (Fsp3) is 0.294. The van der Waals surface area contributed by atoms with Crippen LogP contribution in [-0.2, 0) is 4.74 Å². The van der Waals surface area contributed by atoms with Crippen molar-refractivity contribution in [2.24, 2.45) is 0 Å². The maximum atomic E-state index is 10.3. The smallest absolute Gasteiger partial charge is 0.231 e. The number of aromatic hydroxyl groups is 1. The van der Waals surface area contributed by atoms with E-state index in [9.17, 15) is 5.11 Å². The molecule has 0 fully saturated rings. The minimum Gasteiger partial charge on any atom is -0.507 e. The van der Waals surface area contributed by atoms with Gasteiger partial charge in [-0.3, -0.25) is 0 Å². The lowest BCUT2D eigenvalue weighted by Crippen LogP contribution is -2.06. The Hall–Kier alpha value is -2.60. The number of hydrogen-bond donors (Lipinski definition) is 1. The molecule has 1 heterocycles. The van der Waals surface area contributed by atoms with Gasteiger partial charge in [-0.05, 0) is 18.2 Å². The normalized spacial score (nSPS) is 13.7. The molecule has 0 spiro atoms. The minimum atomic E-state index is -0.523. The lowest BCUT2D eigenvalue weighted by molar-refractivity contribution is 0.131. The van der Waals surface area contributed by atoms with Gasteiger partial charge in [-0.15, -0.1) is 0 Å². The third-order valence-electron chi connectivity index (χ3n) is 3.76. The van der Waals surface area contributed by atoms with Gasteiger partial charge in [-0.1, -0.05) is 0 Å². The molecule has 122 valence electrons. The summed E-state index contributed by atoms with van der Waals surface area (Å²) in [6.45, 7) is 0.141. The molecule has 23 heavy (non-hydrogen) atoms. The summed E-state index contributed by atoms with van der Waals surface area (Å²) in [4.78, 5) is 0. The summed E-state index contributed by atoms with van der Waals surface area (Å²) in [5, 5.41) is 10.3. The monoisotopic (exact) mass is 318 g/mol. The van der Waals surface area contributed by atoms with Crippen LogP contribution in [0.25, 0.3) is 0 Å². The highest BCUT2D eigenvalue weighted by atomic mass is 16.7. The van der Waals surface area contributed by atoms with E-state index in [2.05, 4.69) is 0 Å². The van der Waals surface area contributed by atoms with E-state index in [1.54, 1.807) is 33.5 Å². The van der Waals surface area contributed by atoms with Crippen molar-refractivity contribution in [3.05, 3.63) is 41.5 Å². The molecule has 1 aliphatic heterocycles. The molecular weight excluding hydrogens is 300 g/mol. The Bertz CT molecular complexity index is 712. The summed E-state index contributed by atoms with van der Waals surface area (Å²) in [5.74, 6) is 2.44. The van der Waals surface area contributed by atoms with Crippen LogP contribution in [0.5, 0.6) is 28.7 Å². The van der Waals surface area contributed by atoms with Crippen LogP contribution in [0.1, 0.15) is 17.2 Å². The Labute approximate surface area is 134 Å². The number of benzene rings is 2. The Kier molecular flexibility index (Phi) is 4.16. The molecule has 1 aliphatic rings. The highest BCUT2D eigenvalue weighted by molar-refractivity contribution is 5.55. The molecule has 6 nitrogen and oxygen atoms in total. The van der Waals surface area contributed by atoms with E-state index >= 15 is 0 Å². The molecule has 6 heteroatoms. The van der Waals surface area contributed by atoms with Crippen molar-refractivity contribution in [1.29, 1.82) is 0 Å². The van der Waals surface area contributed by atoms with Crippen LogP contribution in [0.4, 0.5) is 0 Å². The predicted octanol–water partition coefficient (Wildman–Crippen LogP) is 2.87. The summed E-state index contributed by atoms with van der Waals surface area (Å²) in [5.41, 5.74) is 1.34. The van der Waals surface area contributed by atoms with Crippen molar-refractivity contribution in [3.8, 4) is 28.7 Å². The molecular formula is C17H18O6. The van der Waals surface area contributed by atoms with Gasteiger partial charge in [0.1, 0.15) is 23.4 Å². The number of phenols is 1. The fourth-order valence-corrected chi connectivity index (χ4v) is 2.61. The molecule has 0 amide bonds. The van der Waals surface area contributed by atoms with Gasteiger partial charge >= 0.3 is 0 Å². The molecule has 0 aliphatic carbocycles. The number of phenolic OH excluding ortho intramolecular Hbond substituents is 1. The van der Waals surface area contributed by atoms with Gasteiger partial charge in [-0.2, -0.15) is 0 Å². The van der Waals surface area contributed by atoms with Crippen molar-refractivity contribution in [1.82, 2.24) is 0 Å². The molecule has 0 bridgehead atoms. The van der Waals surface area contributed by atoms with Crippen LogP contribution in [0, 0.1) is 0 Å². The second-order valence-corrected chi connectivity index (χ2v) is 4.99. The van der Waals surface area contributed by atoms with E-state index in [1.807, 2.05) is 12.1 Å². The Morgan fingerprint density at radius 3 is 2.35 bits per heavy atom. The van der Waals surface area contributed by atoms with Crippen LogP contribution in [0.2, 0.25) is 0 Å². The zero-order chi connectivity index (χ0) is 16.4. The molecule has 2 aromatic carbocycles. The largest absolute Gasteiger partial charge is 0.507 e. The van der Waals surface area contributed by atoms with Gasteiger partial charge in [0, 0.05) is 30.4 Å². The van der Waals surface area contributed by atoms with E-state index in [-0.39, 0.29) is 12.5 Å². The average molecular weight is 318 g/mol. The molecule has 0 radical (unpaired) electrons. The summed E-state index contributed by atoms with van der Waals surface area (Å²) >= 11 is 0. The van der Waals surface area contributed by atoms with Gasteiger partial charge < -0.3 is 28.8 Å². The second-order valence-electron chi connectivity index (χ2n) is 4.99. The first-order chi connectivity index (χ1) is 11.2. The van der Waals surface area contributed by atoms with Gasteiger partial charge in [0.2, 0.25) is 6.79 Å². The highest BCUT2D eigenvalue weighted by Gasteiger charge is 2.25. The number of fused-ring (bicyclic) bond motifs is 1. The molecule has 1 N–H and O–H groups in total. The van der Waals surface area contributed by atoms with E-state index in [4.69, 9.17) is 23.7 Å². The van der Waals surface area contributed by atoms with Gasteiger partial charge in [0.25, 0.3) is 0 Å². The molecule has 3 rings (SSSR count). The SMILES string of the molecule is COc1ccc(C(OC)c2cc3c(cc2O)OCO3)c(OC)c1. The first-order valence-electron chi connectivity index (χ1n) is 7.05. The zero-order valence-electron chi connectivity index (χ0n) is 13.2. The van der Waals surface area contributed by atoms with Crippen LogP contribution in [0.3, 0.4) is 0 Å². The lowest BCUT2D eigenvalue weighted by atomic mass is 9.98. The number of rotatable bonds is 5. The Balaban J connectivity index is 2.07. The molecule has 0 saturated carbocycles. The number of ether oxygens (including phenoxy) is 5. The van der Waals surface area contributed by atoms with Crippen molar-refractivity contribution in [2.75, 3.05) is 28.1 Å². The van der Waals surface area contributed by atoms with Crippen molar-refractivity contribution in [2.45, 2.75) is 6.10 Å². The van der Waals surface area contributed by atoms with Crippen LogP contribution in [-0.4, -0.2) is 33.2 Å². The predicted molar refractivity (Wildman–Crippen MR) is 82.6 cm³/mol. The molecule has 1 unspecified atom stereocenters. The Morgan fingerprint density at radius 1 is 0.957 bits per heavy atom. The molecule has 0 aromatic heterocycles. The molecule has 0 saturated heterocycles. The lowest BCUT2D eigenvalue weighted by Gasteiger charge is -2.20. The summed E-state index contributed by atoms with van der Waals surface area (Å²) in [6.07, 6.45) is -0.523. The minimum absolute atomic E-state index is 0.0685. The van der Waals surface area contributed by atoms with Gasteiger partial charge in [0.15, 0.2) is 11.5 Å². The van der Waals surface area contributed by atoms with E-state index in [0.29, 0.717) is 28.6 Å². The molecule has 2 aromatic rings. The zero-order valence-corrected chi connectivity index (χ0v) is 13.2. The second kappa shape index (κ2) is 6.26. The third kappa shape index (κ3) is 2.73.